The van der Waals surface area contributed by atoms with Gasteiger partial charge in [-0.05, 0) is 95.2 Å². The van der Waals surface area contributed by atoms with Gasteiger partial charge in [0.2, 0.25) is 0 Å². The average Bonchev–Trinajstić information content (AvgIpc) is 3.18. The number of hydroxylamine groups is 2. The number of hydrogen-bond donors (Lipinski definition) is 2. The van der Waals surface area contributed by atoms with Gasteiger partial charge >= 0.3 is 0 Å². The first-order valence-electron chi connectivity index (χ1n) is 13.3. The van der Waals surface area contributed by atoms with Crippen LogP contribution in [0.1, 0.15) is 49.9 Å². The Morgan fingerprint density at radius 2 is 1.97 bits per heavy atom. The molecule has 0 spiro atoms. The van der Waals surface area contributed by atoms with Crippen molar-refractivity contribution in [3.05, 3.63) is 59.7 Å². The standard InChI is InChI=1S/C29H35INO6P/c1-28-11-10-20(32)13-19(28)8-9-21-22-12-18(15-31(36)27(35)17-6-4-3-5-7-17)25(24(34)16-37-38-30)29(22,2)14-23(33)26(21)28/h3-7,10-11,13,18,21-23,25-26,33,36,38H,8-9,12,14-16H2,1-2H3/t18-,21?,22?,23?,25?,26?,28-,29?/m0/s1. The van der Waals surface area contributed by atoms with Crippen LogP contribution in [0.3, 0.4) is 0 Å². The second kappa shape index (κ2) is 10.8. The van der Waals surface area contributed by atoms with Crippen LogP contribution in [0.2, 0.25) is 0 Å². The van der Waals surface area contributed by atoms with Crippen LogP contribution < -0.4 is 0 Å². The van der Waals surface area contributed by atoms with Gasteiger partial charge in [-0.25, -0.2) is 5.06 Å². The minimum Gasteiger partial charge on any atom is -0.393 e. The average molecular weight is 651 g/mol. The van der Waals surface area contributed by atoms with Gasteiger partial charge in [-0.15, -0.1) is 0 Å². The lowest BCUT2D eigenvalue weighted by Gasteiger charge is -2.58. The predicted molar refractivity (Wildman–Crippen MR) is 153 cm³/mol. The van der Waals surface area contributed by atoms with Crippen molar-refractivity contribution in [3.63, 3.8) is 0 Å². The highest BCUT2D eigenvalue weighted by Gasteiger charge is 2.65. The zero-order chi connectivity index (χ0) is 27.2. The van der Waals surface area contributed by atoms with Gasteiger partial charge in [0.15, 0.2) is 11.6 Å². The van der Waals surface area contributed by atoms with Gasteiger partial charge in [0.05, 0.1) is 19.1 Å². The molecule has 2 N–H and O–H groups in total. The van der Waals surface area contributed by atoms with Crippen molar-refractivity contribution in [3.8, 4) is 0 Å². The van der Waals surface area contributed by atoms with Gasteiger partial charge in [0, 0.05) is 22.8 Å². The third kappa shape index (κ3) is 4.74. The molecule has 1 aromatic rings. The fourth-order valence-electron chi connectivity index (χ4n) is 8.54. The summed E-state index contributed by atoms with van der Waals surface area (Å²) in [6, 6.07) is 8.64. The first-order valence-corrected chi connectivity index (χ1v) is 17.3. The van der Waals surface area contributed by atoms with Crippen LogP contribution in [-0.4, -0.2) is 52.1 Å². The molecule has 4 aliphatic rings. The largest absolute Gasteiger partial charge is 0.393 e. The molecule has 7 nitrogen and oxygen atoms in total. The van der Waals surface area contributed by atoms with E-state index < -0.39 is 28.8 Å². The zero-order valence-corrected chi connectivity index (χ0v) is 24.8. The molecule has 9 atom stereocenters. The summed E-state index contributed by atoms with van der Waals surface area (Å²) < 4.78 is 5.54. The number of rotatable bonds is 7. The Balaban J connectivity index is 1.46. The maximum atomic E-state index is 13.6. The van der Waals surface area contributed by atoms with Gasteiger partial charge < -0.3 is 9.63 Å². The number of carbonyl (C=O) groups excluding carboxylic acids is 3. The Hall–Kier alpha value is -1.45. The molecule has 7 unspecified atom stereocenters. The predicted octanol–water partition coefficient (Wildman–Crippen LogP) is 5.17. The minimum atomic E-state index is -0.634. The summed E-state index contributed by atoms with van der Waals surface area (Å²) in [6.45, 7) is 4.43. The van der Waals surface area contributed by atoms with E-state index >= 15 is 0 Å². The van der Waals surface area contributed by atoms with E-state index in [2.05, 4.69) is 35.9 Å². The quantitative estimate of drug-likeness (QED) is 0.183. The number of allylic oxidation sites excluding steroid dienone is 4. The fraction of sp³-hybridized carbons (Fsp3) is 0.552. The lowest BCUT2D eigenvalue weighted by Crippen LogP contribution is -2.56. The molecule has 0 saturated heterocycles. The fourth-order valence-corrected chi connectivity index (χ4v) is 9.21. The lowest BCUT2D eigenvalue weighted by atomic mass is 9.46. The summed E-state index contributed by atoms with van der Waals surface area (Å²) in [7, 11) is 0. The van der Waals surface area contributed by atoms with Crippen molar-refractivity contribution in [1.82, 2.24) is 5.06 Å². The highest BCUT2D eigenvalue weighted by atomic mass is 127. The van der Waals surface area contributed by atoms with E-state index in [4.69, 9.17) is 4.52 Å². The number of aliphatic hydroxyl groups is 1. The molecular weight excluding hydrogens is 616 g/mol. The van der Waals surface area contributed by atoms with E-state index in [0.29, 0.717) is 18.4 Å². The molecule has 5 rings (SSSR count). The zero-order valence-electron chi connectivity index (χ0n) is 21.7. The van der Waals surface area contributed by atoms with Crippen molar-refractivity contribution < 1.29 is 29.2 Å². The topological polar surface area (TPSA) is 104 Å². The van der Waals surface area contributed by atoms with Crippen molar-refractivity contribution >= 4 is 46.0 Å². The molecule has 9 heteroatoms. The summed E-state index contributed by atoms with van der Waals surface area (Å²) >= 11 is 2.10. The van der Waals surface area contributed by atoms with Crippen LogP contribution in [0.25, 0.3) is 0 Å². The second-order valence-corrected chi connectivity index (χ2v) is 13.6. The van der Waals surface area contributed by atoms with Crippen molar-refractivity contribution in [2.45, 2.75) is 45.6 Å². The van der Waals surface area contributed by atoms with E-state index in [9.17, 15) is 24.7 Å². The summed E-state index contributed by atoms with van der Waals surface area (Å²) in [5.41, 5.74) is 0.597. The minimum absolute atomic E-state index is 0.000234. The van der Waals surface area contributed by atoms with E-state index in [0.717, 1.165) is 23.5 Å². The monoisotopic (exact) mass is 651 g/mol. The Morgan fingerprint density at radius 3 is 2.68 bits per heavy atom. The van der Waals surface area contributed by atoms with Gasteiger partial charge in [-0.1, -0.05) is 43.7 Å². The summed E-state index contributed by atoms with van der Waals surface area (Å²) in [5.74, 6) is -0.965. The molecule has 0 aliphatic heterocycles. The maximum Gasteiger partial charge on any atom is 0.277 e. The number of ketones is 2. The van der Waals surface area contributed by atoms with Gasteiger partial charge in [0.25, 0.3) is 5.91 Å². The van der Waals surface area contributed by atoms with Gasteiger partial charge in [0.1, 0.15) is 6.61 Å². The Bertz CT molecular complexity index is 1170. The number of benzene rings is 1. The molecule has 0 aromatic heterocycles. The molecule has 0 heterocycles. The van der Waals surface area contributed by atoms with Crippen LogP contribution in [0.15, 0.2) is 54.1 Å². The SMILES string of the molecule is CC12CC(O)C3C(CCC4=CC(=O)C=C[C@@]43C)C1C[C@@H](CN(O)C(=O)c1ccccc1)C2C(=O)COPI. The Kier molecular flexibility index (Phi) is 8.02. The first kappa shape index (κ1) is 28.1. The number of halogens is 1. The number of nitrogens with zero attached hydrogens (tertiary/aromatic N) is 1. The number of Topliss-reactive ketones (excluding diaryl/α,β-unsaturated/α-hetero) is 1. The van der Waals surface area contributed by atoms with E-state index in [-0.39, 0.29) is 54.8 Å². The molecule has 1 aromatic carbocycles. The molecule has 38 heavy (non-hydrogen) atoms. The first-order chi connectivity index (χ1) is 18.1. The van der Waals surface area contributed by atoms with E-state index in [1.807, 2.05) is 12.1 Å². The van der Waals surface area contributed by atoms with Crippen LogP contribution >= 0.6 is 28.5 Å². The lowest BCUT2D eigenvalue weighted by molar-refractivity contribution is -0.143. The highest BCUT2D eigenvalue weighted by Crippen LogP contribution is 2.67. The van der Waals surface area contributed by atoms with E-state index in [1.165, 1.54) is 0 Å². The molecule has 4 aliphatic carbocycles. The van der Waals surface area contributed by atoms with Gasteiger partial charge in [-0.2, -0.15) is 0 Å². The molecule has 3 saturated carbocycles. The normalized spacial score (nSPS) is 37.9. The number of carbonyl (C=O) groups is 3. The number of fused-ring (bicyclic) bond motifs is 5. The van der Waals surface area contributed by atoms with Gasteiger partial charge in [-0.3, -0.25) is 19.6 Å². The molecular formula is C29H35INO6P. The van der Waals surface area contributed by atoms with Crippen LogP contribution in [0, 0.1) is 40.4 Å². The smallest absolute Gasteiger partial charge is 0.277 e. The van der Waals surface area contributed by atoms with Crippen LogP contribution in [-0.2, 0) is 14.1 Å². The van der Waals surface area contributed by atoms with Crippen LogP contribution in [0.5, 0.6) is 0 Å². The van der Waals surface area contributed by atoms with Crippen molar-refractivity contribution in [1.29, 1.82) is 0 Å². The Labute approximate surface area is 238 Å². The molecule has 0 bridgehead atoms. The third-order valence-corrected chi connectivity index (χ3v) is 11.1. The maximum absolute atomic E-state index is 13.6. The van der Waals surface area contributed by atoms with Crippen molar-refractivity contribution in [2.75, 3.05) is 13.2 Å². The van der Waals surface area contributed by atoms with Crippen LogP contribution in [0.4, 0.5) is 0 Å². The summed E-state index contributed by atoms with van der Waals surface area (Å²) in [6.07, 6.45) is 7.48. The van der Waals surface area contributed by atoms with E-state index in [1.54, 1.807) is 36.4 Å². The molecule has 0 radical (unpaired) electrons. The third-order valence-electron chi connectivity index (χ3n) is 9.95. The summed E-state index contributed by atoms with van der Waals surface area (Å²) in [4.78, 5) is 38.7. The number of amides is 1. The summed E-state index contributed by atoms with van der Waals surface area (Å²) in [5, 5.41) is 23.3. The molecule has 3 fully saturated rings. The number of hydrogen-bond acceptors (Lipinski definition) is 6. The highest BCUT2D eigenvalue weighted by molar-refractivity contribution is 14.2. The second-order valence-electron chi connectivity index (χ2n) is 11.9. The number of aliphatic hydroxyl groups excluding tert-OH is 1. The molecule has 204 valence electrons. The van der Waals surface area contributed by atoms with Crippen molar-refractivity contribution in [2.24, 2.45) is 40.4 Å². The Morgan fingerprint density at radius 1 is 1.24 bits per heavy atom. The molecule has 1 amide bonds.